The fraction of sp³-hybridized carbons (Fsp3) is 0.533. The van der Waals surface area contributed by atoms with Gasteiger partial charge in [-0.2, -0.15) is 0 Å². The minimum Gasteiger partial charge on any atom is -0.460 e. The van der Waals surface area contributed by atoms with E-state index in [9.17, 15) is 28.8 Å². The molecule has 0 saturated heterocycles. The molecule has 0 unspecified atom stereocenters. The van der Waals surface area contributed by atoms with E-state index in [0.717, 1.165) is 17.2 Å². The SMILES string of the molecule is C#CCN(Cc1cc2c(=O)[nH]c(C)nc2cc1C)c1ccc(C(=O)N[C@@H](CCC(=O)N(CC)[C@@H](CCC(=O)OC(C)(C)C)C(=O)OC(C)(C)C)C(=O)OC(C)(C)C)c(F)c1. The average Bonchev–Trinajstić information content (AvgIpc) is 3.09. The van der Waals surface area contributed by atoms with Gasteiger partial charge in [0.05, 0.1) is 23.0 Å². The molecule has 2 amide bonds. The van der Waals surface area contributed by atoms with Crippen LogP contribution in [0.25, 0.3) is 10.9 Å². The molecule has 1 aromatic heterocycles. The van der Waals surface area contributed by atoms with Crippen LogP contribution in [0.5, 0.6) is 0 Å². The Morgan fingerprint density at radius 3 is 2.07 bits per heavy atom. The lowest BCUT2D eigenvalue weighted by Crippen LogP contribution is -2.49. The second kappa shape index (κ2) is 20.0. The van der Waals surface area contributed by atoms with Gasteiger partial charge in [0, 0.05) is 31.6 Å². The van der Waals surface area contributed by atoms with Crippen LogP contribution in [-0.2, 0) is 39.9 Å². The van der Waals surface area contributed by atoms with Crippen LogP contribution in [0, 0.1) is 32.0 Å². The number of nitrogens with one attached hydrogen (secondary N) is 2. The number of benzene rings is 2. The van der Waals surface area contributed by atoms with Crippen LogP contribution in [0.2, 0.25) is 0 Å². The number of ether oxygens (including phenoxy) is 3. The molecule has 0 aliphatic heterocycles. The smallest absolute Gasteiger partial charge is 0.329 e. The molecule has 0 aliphatic carbocycles. The predicted molar refractivity (Wildman–Crippen MR) is 227 cm³/mol. The Hall–Kier alpha value is -5.78. The number of carbonyl (C=O) groups excluding carboxylic acids is 5. The second-order valence-corrected chi connectivity index (χ2v) is 17.6. The normalized spacial score (nSPS) is 12.8. The molecule has 0 spiro atoms. The van der Waals surface area contributed by atoms with E-state index in [1.54, 1.807) is 93.2 Å². The summed E-state index contributed by atoms with van der Waals surface area (Å²) in [4.78, 5) is 89.7. The second-order valence-electron chi connectivity index (χ2n) is 17.6. The summed E-state index contributed by atoms with van der Waals surface area (Å²) in [5.74, 6) is -1.46. The first kappa shape index (κ1) is 48.6. The molecule has 14 nitrogen and oxygen atoms in total. The Morgan fingerprint density at radius 2 is 1.50 bits per heavy atom. The molecule has 0 bridgehead atoms. The highest BCUT2D eigenvalue weighted by Crippen LogP contribution is 2.25. The highest BCUT2D eigenvalue weighted by atomic mass is 19.1. The van der Waals surface area contributed by atoms with Gasteiger partial charge in [0.2, 0.25) is 5.91 Å². The number of halogens is 1. The Bertz CT molecular complexity index is 2170. The topological polar surface area (TPSA) is 177 Å². The van der Waals surface area contributed by atoms with Crippen molar-refractivity contribution in [2.45, 2.75) is 144 Å². The van der Waals surface area contributed by atoms with E-state index in [1.807, 2.05) is 6.92 Å². The van der Waals surface area contributed by atoms with Crippen LogP contribution >= 0.6 is 0 Å². The van der Waals surface area contributed by atoms with Crippen LogP contribution in [0.4, 0.5) is 10.1 Å². The number of aromatic amines is 1. The Labute approximate surface area is 351 Å². The quantitative estimate of drug-likeness (QED) is 0.0952. The van der Waals surface area contributed by atoms with E-state index in [-0.39, 0.29) is 56.4 Å². The summed E-state index contributed by atoms with van der Waals surface area (Å²) in [6.07, 6.45) is 4.84. The summed E-state index contributed by atoms with van der Waals surface area (Å²) >= 11 is 0. The fourth-order valence-electron chi connectivity index (χ4n) is 6.32. The molecule has 1 heterocycles. The number of aromatic nitrogens is 2. The number of likely N-dealkylation sites (N-methyl/N-ethyl adjacent to an activating group) is 1. The monoisotopic (exact) mass is 833 g/mol. The lowest BCUT2D eigenvalue weighted by atomic mass is 10.0. The maximum atomic E-state index is 15.9. The zero-order chi connectivity index (χ0) is 45.3. The van der Waals surface area contributed by atoms with Gasteiger partial charge in [-0.05, 0) is 137 Å². The van der Waals surface area contributed by atoms with Gasteiger partial charge in [-0.15, -0.1) is 6.42 Å². The Kier molecular flexibility index (Phi) is 16.2. The van der Waals surface area contributed by atoms with Crippen molar-refractivity contribution in [3.05, 3.63) is 69.0 Å². The van der Waals surface area contributed by atoms with Crippen LogP contribution in [0.15, 0.2) is 35.1 Å². The number of aryl methyl sites for hydroxylation is 2. The third-order valence-corrected chi connectivity index (χ3v) is 8.89. The summed E-state index contributed by atoms with van der Waals surface area (Å²) in [6.45, 7) is 20.7. The number of rotatable bonds is 16. The largest absolute Gasteiger partial charge is 0.460 e. The zero-order valence-electron chi connectivity index (χ0n) is 37.0. The van der Waals surface area contributed by atoms with E-state index < -0.39 is 64.4 Å². The van der Waals surface area contributed by atoms with E-state index in [1.165, 1.54) is 17.0 Å². The van der Waals surface area contributed by atoms with E-state index in [0.29, 0.717) is 22.4 Å². The van der Waals surface area contributed by atoms with E-state index >= 15 is 4.39 Å². The van der Waals surface area contributed by atoms with Gasteiger partial charge >= 0.3 is 17.9 Å². The molecule has 0 saturated carbocycles. The maximum absolute atomic E-state index is 15.9. The minimum absolute atomic E-state index is 0.0599. The van der Waals surface area contributed by atoms with E-state index in [2.05, 4.69) is 21.2 Å². The first-order valence-corrected chi connectivity index (χ1v) is 20.0. The lowest BCUT2D eigenvalue weighted by molar-refractivity contribution is -0.166. The third-order valence-electron chi connectivity index (χ3n) is 8.89. The zero-order valence-corrected chi connectivity index (χ0v) is 37.0. The number of esters is 3. The number of H-pyrrole nitrogens is 1. The van der Waals surface area contributed by atoms with Gasteiger partial charge in [0.15, 0.2) is 0 Å². The third kappa shape index (κ3) is 14.5. The molecular weight excluding hydrogens is 774 g/mol. The number of carbonyl (C=O) groups is 5. The number of hydrogen-bond donors (Lipinski definition) is 2. The van der Waals surface area contributed by atoms with Crippen molar-refractivity contribution in [2.75, 3.05) is 18.0 Å². The molecule has 0 radical (unpaired) electrons. The summed E-state index contributed by atoms with van der Waals surface area (Å²) in [5.41, 5.74) is -0.789. The summed E-state index contributed by atoms with van der Waals surface area (Å²) < 4.78 is 32.5. The standard InChI is InChI=1S/C45H60FN5O9/c1-14-22-50(26-29-24-32-35(23-27(29)3)47-28(4)48-40(32)55)30-16-17-31(33(46)25-30)39(54)49-34(41(56)59-44(8,9)10)18-20-37(52)51(15-2)36(42(57)60-45(11,12)13)19-21-38(53)58-43(5,6)7/h1,16-17,23-25,34,36H,15,18-22,26H2,2-13H3,(H,49,54)(H,47,48,55)/t34-,36-/m0/s1. The Balaban J connectivity index is 1.86. The van der Waals surface area contributed by atoms with Gasteiger partial charge < -0.3 is 34.3 Å². The van der Waals surface area contributed by atoms with Gasteiger partial charge in [0.25, 0.3) is 11.5 Å². The van der Waals surface area contributed by atoms with Crippen molar-refractivity contribution in [3.63, 3.8) is 0 Å². The van der Waals surface area contributed by atoms with Crippen LogP contribution in [0.3, 0.4) is 0 Å². The predicted octanol–water partition coefficient (Wildman–Crippen LogP) is 6.22. The van der Waals surface area contributed by atoms with Gasteiger partial charge in [0.1, 0.15) is 40.5 Å². The number of hydrogen-bond acceptors (Lipinski definition) is 11. The van der Waals surface area contributed by atoms with Crippen LogP contribution < -0.4 is 15.8 Å². The summed E-state index contributed by atoms with van der Waals surface area (Å²) in [6, 6.07) is 4.91. The molecule has 2 aromatic carbocycles. The lowest BCUT2D eigenvalue weighted by Gasteiger charge is -2.32. The van der Waals surface area contributed by atoms with Crippen molar-refractivity contribution in [1.82, 2.24) is 20.2 Å². The first-order chi connectivity index (χ1) is 27.7. The van der Waals surface area contributed by atoms with Crippen molar-refractivity contribution in [1.29, 1.82) is 0 Å². The highest BCUT2D eigenvalue weighted by molar-refractivity contribution is 5.97. The summed E-state index contributed by atoms with van der Waals surface area (Å²) in [7, 11) is 0. The van der Waals surface area contributed by atoms with Gasteiger partial charge in [-0.1, -0.05) is 5.92 Å². The van der Waals surface area contributed by atoms with Crippen LogP contribution in [-0.4, -0.2) is 86.6 Å². The molecule has 2 atom stereocenters. The molecule has 60 heavy (non-hydrogen) atoms. The van der Waals surface area contributed by atoms with Crippen molar-refractivity contribution >= 4 is 46.3 Å². The molecule has 0 aliphatic rings. The fourth-order valence-corrected chi connectivity index (χ4v) is 6.32. The average molecular weight is 834 g/mol. The number of nitrogens with zero attached hydrogens (tertiary/aromatic N) is 3. The van der Waals surface area contributed by atoms with Crippen molar-refractivity contribution < 1.29 is 42.6 Å². The highest BCUT2D eigenvalue weighted by Gasteiger charge is 2.35. The molecule has 326 valence electrons. The number of amides is 2. The van der Waals surface area contributed by atoms with Gasteiger partial charge in [-0.3, -0.25) is 19.2 Å². The van der Waals surface area contributed by atoms with Gasteiger partial charge in [-0.25, -0.2) is 19.0 Å². The van der Waals surface area contributed by atoms with E-state index in [4.69, 9.17) is 20.6 Å². The Morgan fingerprint density at radius 1 is 0.883 bits per heavy atom. The number of fused-ring (bicyclic) bond motifs is 1. The van der Waals surface area contributed by atoms with Crippen molar-refractivity contribution in [2.24, 2.45) is 0 Å². The summed E-state index contributed by atoms with van der Waals surface area (Å²) in [5, 5.41) is 2.93. The molecule has 3 rings (SSSR count). The van der Waals surface area contributed by atoms with Crippen molar-refractivity contribution in [3.8, 4) is 12.3 Å². The first-order valence-electron chi connectivity index (χ1n) is 20.0. The molecule has 0 fully saturated rings. The van der Waals surface area contributed by atoms with Crippen LogP contribution in [0.1, 0.15) is 122 Å². The molecule has 2 N–H and O–H groups in total. The molecule has 15 heteroatoms. The maximum Gasteiger partial charge on any atom is 0.329 e. The minimum atomic E-state index is -1.39. The molecular formula is C45H60FN5O9. The number of anilines is 1. The molecule has 3 aromatic rings. The number of terminal acetylenes is 1.